The molecule has 1 aromatic rings. The molecular weight excluding hydrogens is 295 g/mol. The van der Waals surface area contributed by atoms with Crippen molar-refractivity contribution in [2.45, 2.75) is 17.4 Å². The maximum absolute atomic E-state index is 14.4. The molecule has 1 aromatic carbocycles. The third-order valence-electron chi connectivity index (χ3n) is 4.02. The molecule has 1 fully saturated rings. The van der Waals surface area contributed by atoms with E-state index in [9.17, 15) is 12.8 Å². The highest BCUT2D eigenvalue weighted by atomic mass is 32.2. The summed E-state index contributed by atoms with van der Waals surface area (Å²) in [5, 5.41) is 0. The number of nitrogens with two attached hydrogens (primary N) is 1. The van der Waals surface area contributed by atoms with Gasteiger partial charge in [0, 0.05) is 24.4 Å². The smallest absolute Gasteiger partial charge is 0.183 e. The molecule has 2 atom stereocenters. The minimum Gasteiger partial charge on any atom is -0.493 e. The van der Waals surface area contributed by atoms with E-state index in [0.717, 1.165) is 19.2 Å². The van der Waals surface area contributed by atoms with Crippen LogP contribution in [0.5, 0.6) is 5.75 Å². The normalized spacial score (nSPS) is 23.5. The van der Waals surface area contributed by atoms with Crippen LogP contribution in [0.15, 0.2) is 17.0 Å². The number of benzene rings is 1. The second-order valence-corrected chi connectivity index (χ2v) is 7.55. The summed E-state index contributed by atoms with van der Waals surface area (Å²) in [7, 11) is -0.327. The van der Waals surface area contributed by atoms with E-state index in [4.69, 9.17) is 10.5 Å². The van der Waals surface area contributed by atoms with Crippen LogP contribution in [0.1, 0.15) is 18.0 Å². The van der Waals surface area contributed by atoms with Crippen molar-refractivity contribution in [2.75, 3.05) is 33.5 Å². The third kappa shape index (κ3) is 3.04. The van der Waals surface area contributed by atoms with Gasteiger partial charge in [0.2, 0.25) is 0 Å². The molecule has 1 saturated heterocycles. The highest BCUT2D eigenvalue weighted by Gasteiger charge is 2.33. The summed E-state index contributed by atoms with van der Waals surface area (Å²) < 4.78 is 42.8. The van der Waals surface area contributed by atoms with Crippen LogP contribution in [0, 0.1) is 11.7 Å². The van der Waals surface area contributed by atoms with Crippen LogP contribution < -0.4 is 10.5 Å². The number of hydrogen-bond donors (Lipinski definition) is 1. The Bertz CT molecular complexity index is 633. The Morgan fingerprint density at radius 3 is 2.62 bits per heavy atom. The van der Waals surface area contributed by atoms with E-state index in [1.54, 1.807) is 6.07 Å². The fraction of sp³-hybridized carbons (Fsp3) is 0.571. The SMILES string of the molecule is COc1c(C2CC(CN)CN2C)ccc(S(C)(=O)=O)c1F. The van der Waals surface area contributed by atoms with Gasteiger partial charge in [-0.1, -0.05) is 6.07 Å². The summed E-state index contributed by atoms with van der Waals surface area (Å²) in [6.07, 6.45) is 1.79. The van der Waals surface area contributed by atoms with E-state index in [2.05, 4.69) is 4.90 Å². The van der Waals surface area contributed by atoms with Crippen molar-refractivity contribution in [2.24, 2.45) is 11.7 Å². The summed E-state index contributed by atoms with van der Waals surface area (Å²) in [4.78, 5) is 1.76. The summed E-state index contributed by atoms with van der Waals surface area (Å²) in [5.41, 5.74) is 6.37. The fourth-order valence-corrected chi connectivity index (χ4v) is 3.68. The first-order chi connectivity index (χ1) is 9.79. The first-order valence-electron chi connectivity index (χ1n) is 6.76. The summed E-state index contributed by atoms with van der Waals surface area (Å²) >= 11 is 0. The predicted molar refractivity (Wildman–Crippen MR) is 78.6 cm³/mol. The summed E-state index contributed by atoms with van der Waals surface area (Å²) in [6, 6.07) is 2.93. The number of ether oxygens (including phenoxy) is 1. The van der Waals surface area contributed by atoms with E-state index < -0.39 is 15.7 Å². The van der Waals surface area contributed by atoms with Gasteiger partial charge in [-0.25, -0.2) is 12.8 Å². The van der Waals surface area contributed by atoms with Crippen LogP contribution in [0.3, 0.4) is 0 Å². The summed E-state index contributed by atoms with van der Waals surface area (Å²) in [5.74, 6) is -0.461. The number of halogens is 1. The molecule has 0 amide bonds. The van der Waals surface area contributed by atoms with Gasteiger partial charge >= 0.3 is 0 Å². The number of nitrogens with zero attached hydrogens (tertiary/aromatic N) is 1. The maximum atomic E-state index is 14.4. The van der Waals surface area contributed by atoms with E-state index >= 15 is 0 Å². The van der Waals surface area contributed by atoms with Gasteiger partial charge in [-0.05, 0) is 32.0 Å². The van der Waals surface area contributed by atoms with E-state index in [-0.39, 0.29) is 16.7 Å². The van der Waals surface area contributed by atoms with Gasteiger partial charge in [0.25, 0.3) is 0 Å². The van der Waals surface area contributed by atoms with Crippen LogP contribution in [0.2, 0.25) is 0 Å². The second kappa shape index (κ2) is 5.90. The molecule has 0 aromatic heterocycles. The second-order valence-electron chi connectivity index (χ2n) is 5.57. The van der Waals surface area contributed by atoms with Crippen molar-refractivity contribution >= 4 is 9.84 Å². The lowest BCUT2D eigenvalue weighted by Crippen LogP contribution is -2.21. The first-order valence-corrected chi connectivity index (χ1v) is 8.65. The van der Waals surface area contributed by atoms with Gasteiger partial charge < -0.3 is 10.5 Å². The highest BCUT2D eigenvalue weighted by Crippen LogP contribution is 2.40. The largest absolute Gasteiger partial charge is 0.493 e. The van der Waals surface area contributed by atoms with Crippen molar-refractivity contribution in [3.63, 3.8) is 0 Å². The van der Waals surface area contributed by atoms with Crippen LogP contribution >= 0.6 is 0 Å². The molecule has 0 bridgehead atoms. The molecule has 1 aliphatic rings. The minimum atomic E-state index is -3.62. The zero-order valence-electron chi connectivity index (χ0n) is 12.5. The Morgan fingerprint density at radius 1 is 1.48 bits per heavy atom. The Labute approximate surface area is 124 Å². The lowest BCUT2D eigenvalue weighted by molar-refractivity contribution is 0.297. The molecule has 0 spiro atoms. The molecule has 21 heavy (non-hydrogen) atoms. The van der Waals surface area contributed by atoms with Crippen molar-refractivity contribution in [1.82, 2.24) is 4.90 Å². The van der Waals surface area contributed by atoms with Crippen LogP contribution in [-0.4, -0.2) is 46.8 Å². The fourth-order valence-electron chi connectivity index (χ4n) is 2.95. The molecule has 1 heterocycles. The Morgan fingerprint density at radius 2 is 2.14 bits per heavy atom. The van der Waals surface area contributed by atoms with Gasteiger partial charge in [0.05, 0.1) is 7.11 Å². The topological polar surface area (TPSA) is 72.6 Å². The standard InChI is InChI=1S/C14H21FN2O3S/c1-17-8-9(7-16)6-11(17)10-4-5-12(21(3,18)19)13(15)14(10)20-2/h4-5,9,11H,6-8,16H2,1-3H3. The number of likely N-dealkylation sites (tertiary alicyclic amines) is 1. The average Bonchev–Trinajstić information content (AvgIpc) is 2.78. The van der Waals surface area contributed by atoms with Gasteiger partial charge in [0.15, 0.2) is 21.4 Å². The predicted octanol–water partition coefficient (Wildman–Crippen LogP) is 1.19. The zero-order chi connectivity index (χ0) is 15.8. The first kappa shape index (κ1) is 16.2. The molecule has 2 N–H and O–H groups in total. The van der Waals surface area contributed by atoms with Crippen molar-refractivity contribution in [3.8, 4) is 5.75 Å². The Kier molecular flexibility index (Phi) is 4.55. The molecule has 7 heteroatoms. The molecular formula is C14H21FN2O3S. The van der Waals surface area contributed by atoms with Crippen LogP contribution in [0.25, 0.3) is 0 Å². The van der Waals surface area contributed by atoms with Gasteiger partial charge in [-0.15, -0.1) is 0 Å². The minimum absolute atomic E-state index is 0.00689. The molecule has 0 saturated carbocycles. The lowest BCUT2D eigenvalue weighted by atomic mass is 9.99. The van der Waals surface area contributed by atoms with E-state index in [1.807, 2.05) is 7.05 Å². The van der Waals surface area contributed by atoms with Gasteiger partial charge in [-0.2, -0.15) is 0 Å². The maximum Gasteiger partial charge on any atom is 0.183 e. The quantitative estimate of drug-likeness (QED) is 0.903. The van der Waals surface area contributed by atoms with E-state index in [1.165, 1.54) is 13.2 Å². The monoisotopic (exact) mass is 316 g/mol. The van der Waals surface area contributed by atoms with Crippen molar-refractivity contribution < 1.29 is 17.5 Å². The molecule has 0 aliphatic carbocycles. The molecule has 118 valence electrons. The Balaban J connectivity index is 2.49. The van der Waals surface area contributed by atoms with E-state index in [0.29, 0.717) is 18.0 Å². The zero-order valence-corrected chi connectivity index (χ0v) is 13.3. The van der Waals surface area contributed by atoms with Gasteiger partial charge in [0.1, 0.15) is 4.90 Å². The highest BCUT2D eigenvalue weighted by molar-refractivity contribution is 7.90. The molecule has 1 aliphatic heterocycles. The number of rotatable bonds is 4. The van der Waals surface area contributed by atoms with Crippen LogP contribution in [0.4, 0.5) is 4.39 Å². The Hall–Kier alpha value is -1.18. The molecule has 2 unspecified atom stereocenters. The lowest BCUT2D eigenvalue weighted by Gasteiger charge is -2.22. The molecule has 2 rings (SSSR count). The number of methoxy groups -OCH3 is 1. The van der Waals surface area contributed by atoms with Gasteiger partial charge in [-0.3, -0.25) is 4.90 Å². The van der Waals surface area contributed by atoms with Crippen molar-refractivity contribution in [1.29, 1.82) is 0 Å². The van der Waals surface area contributed by atoms with Crippen LogP contribution in [-0.2, 0) is 9.84 Å². The molecule has 0 radical (unpaired) electrons. The molecule has 5 nitrogen and oxygen atoms in total. The summed E-state index contributed by atoms with van der Waals surface area (Å²) in [6.45, 7) is 1.41. The third-order valence-corrected chi connectivity index (χ3v) is 5.14. The van der Waals surface area contributed by atoms with Crippen molar-refractivity contribution in [3.05, 3.63) is 23.5 Å². The number of hydrogen-bond acceptors (Lipinski definition) is 5. The average molecular weight is 316 g/mol. The number of sulfone groups is 1.